The summed E-state index contributed by atoms with van der Waals surface area (Å²) in [5.74, 6) is -0.299. The summed E-state index contributed by atoms with van der Waals surface area (Å²) >= 11 is 6.01. The third kappa shape index (κ3) is 4.26. The largest absolute Gasteiger partial charge is 0.309 e. The van der Waals surface area contributed by atoms with Crippen LogP contribution in [0, 0.1) is 5.82 Å². The van der Waals surface area contributed by atoms with Gasteiger partial charge in [0.15, 0.2) is 0 Å². The molecule has 0 saturated carbocycles. The zero-order valence-electron chi connectivity index (χ0n) is 10.8. The Labute approximate surface area is 108 Å². The van der Waals surface area contributed by atoms with Crippen LogP contribution in [0.3, 0.4) is 0 Å². The minimum absolute atomic E-state index is 0.116. The van der Waals surface area contributed by atoms with Gasteiger partial charge in [0.05, 0.1) is 0 Å². The van der Waals surface area contributed by atoms with E-state index in [-0.39, 0.29) is 11.9 Å². The minimum atomic E-state index is -0.299. The predicted octanol–water partition coefficient (Wildman–Crippen LogP) is 3.08. The van der Waals surface area contributed by atoms with E-state index in [4.69, 9.17) is 11.6 Å². The first-order valence-electron chi connectivity index (χ1n) is 5.76. The molecular weight excluding hydrogens is 239 g/mol. The SMILES string of the molecule is CC(NCC(C)N(C)C)c1ccc(F)cc1Cl. The van der Waals surface area contributed by atoms with Gasteiger partial charge < -0.3 is 10.2 Å². The fraction of sp³-hybridized carbons (Fsp3) is 0.538. The van der Waals surface area contributed by atoms with Crippen LogP contribution in [-0.4, -0.2) is 31.6 Å². The Morgan fingerprint density at radius 3 is 2.53 bits per heavy atom. The minimum Gasteiger partial charge on any atom is -0.309 e. The second kappa shape index (κ2) is 6.34. The van der Waals surface area contributed by atoms with Crippen molar-refractivity contribution in [1.82, 2.24) is 10.2 Å². The smallest absolute Gasteiger partial charge is 0.124 e. The summed E-state index contributed by atoms with van der Waals surface area (Å²) in [6.07, 6.45) is 0. The van der Waals surface area contributed by atoms with Crippen molar-refractivity contribution in [2.24, 2.45) is 0 Å². The maximum Gasteiger partial charge on any atom is 0.124 e. The van der Waals surface area contributed by atoms with E-state index >= 15 is 0 Å². The first kappa shape index (κ1) is 14.4. The highest BCUT2D eigenvalue weighted by molar-refractivity contribution is 6.31. The quantitative estimate of drug-likeness (QED) is 0.873. The Bertz CT molecular complexity index is 368. The van der Waals surface area contributed by atoms with Crippen LogP contribution in [-0.2, 0) is 0 Å². The normalized spacial score (nSPS) is 15.0. The average molecular weight is 259 g/mol. The number of nitrogens with one attached hydrogen (secondary N) is 1. The van der Waals surface area contributed by atoms with Crippen molar-refractivity contribution in [2.45, 2.75) is 25.9 Å². The van der Waals surface area contributed by atoms with Crippen molar-refractivity contribution in [2.75, 3.05) is 20.6 Å². The van der Waals surface area contributed by atoms with E-state index in [0.29, 0.717) is 11.1 Å². The zero-order valence-corrected chi connectivity index (χ0v) is 11.6. The third-order valence-electron chi connectivity index (χ3n) is 3.03. The molecule has 0 amide bonds. The van der Waals surface area contributed by atoms with Crippen molar-refractivity contribution in [1.29, 1.82) is 0 Å². The molecule has 96 valence electrons. The lowest BCUT2D eigenvalue weighted by Gasteiger charge is -2.23. The molecule has 1 aromatic carbocycles. The van der Waals surface area contributed by atoms with Gasteiger partial charge in [-0.1, -0.05) is 17.7 Å². The van der Waals surface area contributed by atoms with Crippen molar-refractivity contribution in [3.05, 3.63) is 34.6 Å². The highest BCUT2D eigenvalue weighted by atomic mass is 35.5. The summed E-state index contributed by atoms with van der Waals surface area (Å²) in [7, 11) is 4.09. The number of hydrogen-bond acceptors (Lipinski definition) is 2. The molecule has 1 aromatic rings. The number of likely N-dealkylation sites (N-methyl/N-ethyl adjacent to an activating group) is 1. The van der Waals surface area contributed by atoms with E-state index in [1.807, 2.05) is 21.0 Å². The molecule has 0 spiro atoms. The molecule has 0 radical (unpaired) electrons. The molecule has 0 aliphatic heterocycles. The number of benzene rings is 1. The maximum absolute atomic E-state index is 12.9. The second-order valence-corrected chi connectivity index (χ2v) is 5.02. The molecule has 4 heteroatoms. The van der Waals surface area contributed by atoms with Gasteiger partial charge in [-0.2, -0.15) is 0 Å². The van der Waals surface area contributed by atoms with Crippen LogP contribution >= 0.6 is 11.6 Å². The van der Waals surface area contributed by atoms with E-state index in [9.17, 15) is 4.39 Å². The van der Waals surface area contributed by atoms with Crippen molar-refractivity contribution in [3.8, 4) is 0 Å². The molecule has 0 aromatic heterocycles. The summed E-state index contributed by atoms with van der Waals surface area (Å²) in [5, 5.41) is 3.87. The van der Waals surface area contributed by atoms with Gasteiger partial charge >= 0.3 is 0 Å². The van der Waals surface area contributed by atoms with Crippen LogP contribution < -0.4 is 5.32 Å². The average Bonchev–Trinajstić information content (AvgIpc) is 2.25. The van der Waals surface area contributed by atoms with Crippen molar-refractivity contribution >= 4 is 11.6 Å². The monoisotopic (exact) mass is 258 g/mol. The lowest BCUT2D eigenvalue weighted by molar-refractivity contribution is 0.295. The molecule has 1 N–H and O–H groups in total. The van der Waals surface area contributed by atoms with E-state index in [1.54, 1.807) is 6.07 Å². The molecule has 0 bridgehead atoms. The molecule has 0 heterocycles. The fourth-order valence-corrected chi connectivity index (χ4v) is 1.82. The highest BCUT2D eigenvalue weighted by Gasteiger charge is 2.12. The van der Waals surface area contributed by atoms with Crippen molar-refractivity contribution in [3.63, 3.8) is 0 Å². The molecule has 2 nitrogen and oxygen atoms in total. The highest BCUT2D eigenvalue weighted by Crippen LogP contribution is 2.23. The first-order valence-corrected chi connectivity index (χ1v) is 6.14. The van der Waals surface area contributed by atoms with E-state index in [2.05, 4.69) is 17.1 Å². The number of hydrogen-bond donors (Lipinski definition) is 1. The molecule has 2 atom stereocenters. The van der Waals surface area contributed by atoms with Gasteiger partial charge in [0.2, 0.25) is 0 Å². The van der Waals surface area contributed by atoms with Gasteiger partial charge in [-0.25, -0.2) is 4.39 Å². The van der Waals surface area contributed by atoms with Crippen LogP contribution in [0.15, 0.2) is 18.2 Å². The molecule has 0 saturated heterocycles. The Kier molecular flexibility index (Phi) is 5.37. The Morgan fingerprint density at radius 2 is 2.00 bits per heavy atom. The summed E-state index contributed by atoms with van der Waals surface area (Å²) in [6.45, 7) is 5.04. The third-order valence-corrected chi connectivity index (χ3v) is 3.36. The molecule has 0 aliphatic rings. The fourth-order valence-electron chi connectivity index (χ4n) is 1.49. The lowest BCUT2D eigenvalue weighted by atomic mass is 10.1. The summed E-state index contributed by atoms with van der Waals surface area (Å²) in [6, 6.07) is 5.08. The van der Waals surface area contributed by atoms with Crippen LogP contribution in [0.25, 0.3) is 0 Å². The van der Waals surface area contributed by atoms with Gasteiger partial charge in [0.25, 0.3) is 0 Å². The van der Waals surface area contributed by atoms with Gasteiger partial charge in [0, 0.05) is 23.7 Å². The second-order valence-electron chi connectivity index (χ2n) is 4.61. The number of nitrogens with zero attached hydrogens (tertiary/aromatic N) is 1. The van der Waals surface area contributed by atoms with Gasteiger partial charge in [-0.15, -0.1) is 0 Å². The first-order chi connectivity index (χ1) is 7.91. The van der Waals surface area contributed by atoms with Crippen molar-refractivity contribution < 1.29 is 4.39 Å². The molecule has 1 rings (SSSR count). The molecule has 0 fully saturated rings. The maximum atomic E-state index is 12.9. The number of halogens is 2. The van der Waals surface area contributed by atoms with Crippen LogP contribution in [0.2, 0.25) is 5.02 Å². The molecule has 2 unspecified atom stereocenters. The molecule has 17 heavy (non-hydrogen) atoms. The molecule has 0 aliphatic carbocycles. The lowest BCUT2D eigenvalue weighted by Crippen LogP contribution is -2.36. The van der Waals surface area contributed by atoms with Gasteiger partial charge in [-0.3, -0.25) is 0 Å². The summed E-state index contributed by atoms with van der Waals surface area (Å²) in [4.78, 5) is 2.14. The number of rotatable bonds is 5. The van der Waals surface area contributed by atoms with Crippen LogP contribution in [0.4, 0.5) is 4.39 Å². The zero-order chi connectivity index (χ0) is 13.0. The summed E-state index contributed by atoms with van der Waals surface area (Å²) < 4.78 is 12.9. The van der Waals surface area contributed by atoms with Crippen LogP contribution in [0.5, 0.6) is 0 Å². The van der Waals surface area contributed by atoms with Crippen LogP contribution in [0.1, 0.15) is 25.5 Å². The van der Waals surface area contributed by atoms with E-state index in [0.717, 1.165) is 12.1 Å². The van der Waals surface area contributed by atoms with Gasteiger partial charge in [-0.05, 0) is 45.6 Å². The standard InChI is InChI=1S/C13H20ClFN2/c1-9(17(3)4)8-16-10(2)12-6-5-11(15)7-13(12)14/h5-7,9-10,16H,8H2,1-4H3. The molecular formula is C13H20ClFN2. The summed E-state index contributed by atoms with van der Waals surface area (Å²) in [5.41, 5.74) is 0.930. The van der Waals surface area contributed by atoms with E-state index < -0.39 is 0 Å². The predicted molar refractivity (Wildman–Crippen MR) is 71.0 cm³/mol. The topological polar surface area (TPSA) is 15.3 Å². The Balaban J connectivity index is 2.61. The Morgan fingerprint density at radius 1 is 1.35 bits per heavy atom. The van der Waals surface area contributed by atoms with Gasteiger partial charge in [0.1, 0.15) is 5.82 Å². The Hall–Kier alpha value is -0.640. The van der Waals surface area contributed by atoms with E-state index in [1.165, 1.54) is 12.1 Å².